The van der Waals surface area contributed by atoms with Crippen LogP contribution in [-0.2, 0) is 19.6 Å². The van der Waals surface area contributed by atoms with Crippen LogP contribution in [0.25, 0.3) is 0 Å². The fourth-order valence-corrected chi connectivity index (χ4v) is 5.52. The van der Waals surface area contributed by atoms with Crippen LogP contribution in [0.3, 0.4) is 0 Å². The second-order valence-electron chi connectivity index (χ2n) is 7.45. The molecule has 3 rings (SSSR count). The van der Waals surface area contributed by atoms with Gasteiger partial charge in [0.2, 0.25) is 21.8 Å². The first-order valence-corrected chi connectivity index (χ1v) is 12.8. The quantitative estimate of drug-likeness (QED) is 0.628. The maximum absolute atomic E-state index is 12.8. The zero-order valence-electron chi connectivity index (χ0n) is 17.5. The molecule has 2 aromatic carbocycles. The summed E-state index contributed by atoms with van der Waals surface area (Å²) >= 11 is 1.19. The van der Waals surface area contributed by atoms with Crippen molar-refractivity contribution in [1.82, 2.24) is 4.31 Å². The fraction of sp³-hybridized carbons (Fsp3) is 0.364. The first kappa shape index (κ1) is 23.3. The minimum atomic E-state index is -3.56. The van der Waals surface area contributed by atoms with Crippen LogP contribution in [0.5, 0.6) is 0 Å². The van der Waals surface area contributed by atoms with Gasteiger partial charge in [0.25, 0.3) is 0 Å². The van der Waals surface area contributed by atoms with E-state index >= 15 is 0 Å². The molecule has 7 nitrogen and oxygen atoms in total. The van der Waals surface area contributed by atoms with E-state index in [4.69, 9.17) is 0 Å². The number of piperidine rings is 1. The normalized spacial score (nSPS) is 14.7. The van der Waals surface area contributed by atoms with Crippen molar-refractivity contribution in [2.45, 2.75) is 31.1 Å². The molecule has 0 atom stereocenters. The molecule has 2 aromatic rings. The van der Waals surface area contributed by atoms with E-state index in [1.807, 2.05) is 31.2 Å². The minimum Gasteiger partial charge on any atom is -0.325 e. The van der Waals surface area contributed by atoms with Crippen LogP contribution in [-0.4, -0.2) is 49.1 Å². The third-order valence-corrected chi connectivity index (χ3v) is 7.67. The van der Waals surface area contributed by atoms with Crippen LogP contribution in [0.15, 0.2) is 53.4 Å². The van der Waals surface area contributed by atoms with Gasteiger partial charge in [-0.25, -0.2) is 8.42 Å². The molecular weight excluding hydrogens is 434 g/mol. The molecule has 2 amide bonds. The smallest absolute Gasteiger partial charge is 0.243 e. The van der Waals surface area contributed by atoms with Crippen molar-refractivity contribution in [3.8, 4) is 0 Å². The Morgan fingerprint density at radius 3 is 2.10 bits per heavy atom. The largest absolute Gasteiger partial charge is 0.325 e. The number of rotatable bonds is 8. The highest BCUT2D eigenvalue weighted by atomic mass is 32.2. The number of sulfonamides is 1. The summed E-state index contributed by atoms with van der Waals surface area (Å²) in [5.74, 6) is -0.242. The van der Waals surface area contributed by atoms with E-state index in [2.05, 4.69) is 10.6 Å². The predicted octanol–water partition coefficient (Wildman–Crippen LogP) is 3.48. The molecule has 1 aliphatic heterocycles. The van der Waals surface area contributed by atoms with Gasteiger partial charge < -0.3 is 10.6 Å². The molecule has 0 saturated carbocycles. The molecule has 0 unspecified atom stereocenters. The lowest BCUT2D eigenvalue weighted by molar-refractivity contribution is -0.114. The van der Waals surface area contributed by atoms with Crippen molar-refractivity contribution in [3.05, 3.63) is 54.1 Å². The van der Waals surface area contributed by atoms with Gasteiger partial charge in [-0.1, -0.05) is 24.6 Å². The molecule has 1 heterocycles. The standard InChI is InChI=1S/C22H27N3O4S2/c1-17-7-5-8-18(13-17)23-21(26)15-30-16-22(27)24-19-9-6-10-20(14-19)31(28,29)25-11-3-2-4-12-25/h5-10,13-14H,2-4,11-12,15-16H2,1H3,(H,23,26)(H,24,27). The maximum atomic E-state index is 12.8. The number of aryl methyl sites for hydroxylation is 1. The molecule has 0 aromatic heterocycles. The molecule has 0 bridgehead atoms. The lowest BCUT2D eigenvalue weighted by atomic mass is 10.2. The number of carbonyl (C=O) groups is 2. The Hall–Kier alpha value is -2.36. The zero-order chi connectivity index (χ0) is 22.3. The monoisotopic (exact) mass is 461 g/mol. The van der Waals surface area contributed by atoms with Crippen LogP contribution in [0.4, 0.5) is 11.4 Å². The molecule has 0 radical (unpaired) electrons. The Balaban J connectivity index is 1.49. The van der Waals surface area contributed by atoms with Crippen LogP contribution in [0.2, 0.25) is 0 Å². The number of benzene rings is 2. The van der Waals surface area contributed by atoms with Crippen LogP contribution < -0.4 is 10.6 Å². The number of carbonyl (C=O) groups excluding carboxylic acids is 2. The van der Waals surface area contributed by atoms with Gasteiger partial charge in [0, 0.05) is 24.5 Å². The average Bonchev–Trinajstić information content (AvgIpc) is 2.74. The summed E-state index contributed by atoms with van der Waals surface area (Å²) in [5.41, 5.74) is 2.20. The van der Waals surface area contributed by atoms with Gasteiger partial charge >= 0.3 is 0 Å². The van der Waals surface area contributed by atoms with E-state index in [0.29, 0.717) is 18.8 Å². The fourth-order valence-electron chi connectivity index (χ4n) is 3.34. The Morgan fingerprint density at radius 1 is 0.903 bits per heavy atom. The Bertz CT molecular complexity index is 1030. The van der Waals surface area contributed by atoms with Crippen molar-refractivity contribution in [1.29, 1.82) is 0 Å². The summed E-state index contributed by atoms with van der Waals surface area (Å²) in [5, 5.41) is 5.51. The molecule has 0 spiro atoms. The van der Waals surface area contributed by atoms with Crippen molar-refractivity contribution in [2.24, 2.45) is 0 Å². The van der Waals surface area contributed by atoms with Gasteiger partial charge in [0.1, 0.15) is 0 Å². The maximum Gasteiger partial charge on any atom is 0.243 e. The van der Waals surface area contributed by atoms with Gasteiger partial charge in [-0.2, -0.15) is 4.31 Å². The Kier molecular flexibility index (Phi) is 8.11. The molecule has 9 heteroatoms. The van der Waals surface area contributed by atoms with Crippen LogP contribution in [0, 0.1) is 6.92 Å². The molecule has 1 saturated heterocycles. The van der Waals surface area contributed by atoms with E-state index in [0.717, 1.165) is 30.5 Å². The third kappa shape index (κ3) is 6.81. The Morgan fingerprint density at radius 2 is 1.48 bits per heavy atom. The topological polar surface area (TPSA) is 95.6 Å². The number of nitrogens with one attached hydrogen (secondary N) is 2. The molecule has 31 heavy (non-hydrogen) atoms. The lowest BCUT2D eigenvalue weighted by Crippen LogP contribution is -2.35. The summed E-state index contributed by atoms with van der Waals surface area (Å²) < 4.78 is 27.1. The van der Waals surface area contributed by atoms with Gasteiger partial charge in [-0.3, -0.25) is 9.59 Å². The number of hydrogen-bond acceptors (Lipinski definition) is 5. The van der Waals surface area contributed by atoms with E-state index in [1.165, 1.54) is 22.1 Å². The molecule has 0 aliphatic carbocycles. The molecule has 1 aliphatic rings. The predicted molar refractivity (Wildman–Crippen MR) is 125 cm³/mol. The number of amides is 2. The van der Waals surface area contributed by atoms with Crippen LogP contribution in [0.1, 0.15) is 24.8 Å². The van der Waals surface area contributed by atoms with Gasteiger partial charge in [-0.15, -0.1) is 11.8 Å². The van der Waals surface area contributed by atoms with E-state index in [1.54, 1.807) is 18.2 Å². The van der Waals surface area contributed by atoms with Crippen molar-refractivity contribution in [2.75, 3.05) is 35.2 Å². The van der Waals surface area contributed by atoms with Crippen molar-refractivity contribution >= 4 is 45.0 Å². The van der Waals surface area contributed by atoms with Gasteiger partial charge in [0.15, 0.2) is 0 Å². The van der Waals surface area contributed by atoms with Crippen LogP contribution >= 0.6 is 11.8 Å². The first-order chi connectivity index (χ1) is 14.8. The highest BCUT2D eigenvalue weighted by molar-refractivity contribution is 8.00. The molecular formula is C22H27N3O4S2. The summed E-state index contributed by atoms with van der Waals surface area (Å²) in [4.78, 5) is 24.4. The van der Waals surface area contributed by atoms with Crippen molar-refractivity contribution < 1.29 is 18.0 Å². The molecule has 166 valence electrons. The van der Waals surface area contributed by atoms with E-state index in [9.17, 15) is 18.0 Å². The highest BCUT2D eigenvalue weighted by Gasteiger charge is 2.26. The third-order valence-electron chi connectivity index (χ3n) is 4.84. The van der Waals surface area contributed by atoms with E-state index in [-0.39, 0.29) is 28.2 Å². The second kappa shape index (κ2) is 10.8. The molecule has 2 N–H and O–H groups in total. The van der Waals surface area contributed by atoms with Gasteiger partial charge in [-0.05, 0) is 55.7 Å². The Labute approximate surface area is 187 Å². The second-order valence-corrected chi connectivity index (χ2v) is 10.4. The summed E-state index contributed by atoms with van der Waals surface area (Å²) in [6.45, 7) is 3.00. The number of anilines is 2. The summed E-state index contributed by atoms with van der Waals surface area (Å²) in [6, 6.07) is 13.8. The number of thioether (sulfide) groups is 1. The zero-order valence-corrected chi connectivity index (χ0v) is 19.1. The summed E-state index contributed by atoms with van der Waals surface area (Å²) in [7, 11) is -3.56. The average molecular weight is 462 g/mol. The number of nitrogens with zero attached hydrogens (tertiary/aromatic N) is 1. The lowest BCUT2D eigenvalue weighted by Gasteiger charge is -2.26. The number of hydrogen-bond donors (Lipinski definition) is 2. The summed E-state index contributed by atoms with van der Waals surface area (Å²) in [6.07, 6.45) is 2.78. The minimum absolute atomic E-state index is 0.0876. The SMILES string of the molecule is Cc1cccc(NC(=O)CSCC(=O)Nc2cccc(S(=O)(=O)N3CCCCC3)c2)c1. The van der Waals surface area contributed by atoms with Gasteiger partial charge in [0.05, 0.1) is 16.4 Å². The molecule has 1 fully saturated rings. The highest BCUT2D eigenvalue weighted by Crippen LogP contribution is 2.23. The van der Waals surface area contributed by atoms with Crippen molar-refractivity contribution in [3.63, 3.8) is 0 Å². The first-order valence-electron chi connectivity index (χ1n) is 10.2. The van der Waals surface area contributed by atoms with E-state index < -0.39 is 10.0 Å².